The molecule has 0 saturated carbocycles. The van der Waals surface area contributed by atoms with Crippen molar-refractivity contribution in [2.24, 2.45) is 0 Å². The quantitative estimate of drug-likeness (QED) is 0.246. The second kappa shape index (κ2) is 10.6. The average Bonchev–Trinajstić information content (AvgIpc) is 3.25. The van der Waals surface area contributed by atoms with Crippen LogP contribution in [0.1, 0.15) is 32.6 Å². The molecule has 0 spiro atoms. The Morgan fingerprint density at radius 3 is 2.42 bits per heavy atom. The Balaban J connectivity index is 1.71. The second-order valence-corrected chi connectivity index (χ2v) is 9.50. The van der Waals surface area contributed by atoms with Gasteiger partial charge >= 0.3 is 5.97 Å². The van der Waals surface area contributed by atoms with Crippen molar-refractivity contribution in [1.29, 1.82) is 0 Å². The Kier molecular flexibility index (Phi) is 7.82. The van der Waals surface area contributed by atoms with Gasteiger partial charge in [0.2, 0.25) is 0 Å². The number of esters is 1. The topological polar surface area (TPSA) is 131 Å². The van der Waals surface area contributed by atoms with E-state index < -0.39 is 29.7 Å². The number of aromatic nitrogens is 2. The molecule has 1 fully saturated rings. The molecule has 0 radical (unpaired) electrons. The molecule has 1 saturated heterocycles. The minimum Gasteiger partial charge on any atom is -0.464 e. The number of benzene rings is 1. The summed E-state index contributed by atoms with van der Waals surface area (Å²) >= 11 is 2.85. The molecule has 33 heavy (non-hydrogen) atoms. The minimum absolute atomic E-state index is 0.108. The van der Waals surface area contributed by atoms with Crippen molar-refractivity contribution in [3.8, 4) is 0 Å². The molecular weight excluding hydrogens is 466 g/mol. The fourth-order valence-corrected chi connectivity index (χ4v) is 4.94. The van der Waals surface area contributed by atoms with Gasteiger partial charge in [-0.25, -0.2) is 4.79 Å². The number of aryl methyl sites for hydroxylation is 1. The highest BCUT2D eigenvalue weighted by Gasteiger charge is 2.43. The van der Waals surface area contributed by atoms with Crippen LogP contribution >= 0.6 is 23.1 Å². The first kappa shape index (κ1) is 24.4. The van der Waals surface area contributed by atoms with Crippen LogP contribution in [0.15, 0.2) is 39.9 Å². The number of nitrogens with zero attached hydrogens (tertiary/aromatic N) is 3. The fraction of sp³-hybridized carbons (Fsp3) is 0.333. The van der Waals surface area contributed by atoms with Crippen molar-refractivity contribution in [2.45, 2.75) is 24.2 Å². The summed E-state index contributed by atoms with van der Waals surface area (Å²) in [6, 6.07) is 5.50. The third-order valence-electron chi connectivity index (χ3n) is 4.85. The first-order valence-corrected chi connectivity index (χ1v) is 11.7. The van der Waals surface area contributed by atoms with E-state index in [1.807, 2.05) is 6.92 Å². The Morgan fingerprint density at radius 2 is 1.88 bits per heavy atom. The van der Waals surface area contributed by atoms with Gasteiger partial charge in [0, 0.05) is 12.8 Å². The molecule has 174 valence electrons. The van der Waals surface area contributed by atoms with Gasteiger partial charge in [-0.3, -0.25) is 14.4 Å². The van der Waals surface area contributed by atoms with Crippen molar-refractivity contribution >= 4 is 46.8 Å². The summed E-state index contributed by atoms with van der Waals surface area (Å²) in [5.41, 5.74) is 1.15. The maximum Gasteiger partial charge on any atom is 0.354 e. The fourth-order valence-electron chi connectivity index (χ4n) is 3.17. The van der Waals surface area contributed by atoms with Crippen LogP contribution in [-0.2, 0) is 14.3 Å². The first-order valence-electron chi connectivity index (χ1n) is 9.91. The molecule has 2 heterocycles. The number of hydrogen-bond acceptors (Lipinski definition) is 9. The normalized spacial score (nSPS) is 15.9. The smallest absolute Gasteiger partial charge is 0.354 e. The number of amides is 3. The van der Waals surface area contributed by atoms with Gasteiger partial charge in [-0.05, 0) is 31.6 Å². The number of carbonyl (C=O) groups excluding carboxylic acids is 4. The van der Waals surface area contributed by atoms with Crippen molar-refractivity contribution < 1.29 is 23.9 Å². The number of nitrogens with one attached hydrogen (secondary N) is 2. The molecule has 1 aromatic carbocycles. The number of rotatable bonds is 8. The van der Waals surface area contributed by atoms with E-state index in [0.29, 0.717) is 11.3 Å². The number of β-lactam (4-membered cyclic amide) rings is 1. The van der Waals surface area contributed by atoms with Gasteiger partial charge in [-0.2, -0.15) is 0 Å². The molecule has 1 atom stereocenters. The monoisotopic (exact) mass is 489 g/mol. The summed E-state index contributed by atoms with van der Waals surface area (Å²) in [4.78, 5) is 51.3. The Bertz CT molecular complexity index is 1130. The van der Waals surface area contributed by atoms with Gasteiger partial charge in [-0.1, -0.05) is 35.2 Å². The SMILES string of the molecule is CNC(=O)c1ccccc1C(=O)NC1CN(C(C(=O)OC)=C(C)CSc2nnc(C)s2)C1=O. The molecular formula is C21H23N5O5S2. The van der Waals surface area contributed by atoms with Gasteiger partial charge in [0.1, 0.15) is 16.7 Å². The van der Waals surface area contributed by atoms with E-state index in [4.69, 9.17) is 4.74 Å². The van der Waals surface area contributed by atoms with E-state index in [1.54, 1.807) is 19.1 Å². The number of methoxy groups -OCH3 is 1. The molecule has 2 N–H and O–H groups in total. The van der Waals surface area contributed by atoms with Gasteiger partial charge in [0.05, 0.1) is 24.8 Å². The van der Waals surface area contributed by atoms with Crippen LogP contribution in [0.4, 0.5) is 0 Å². The lowest BCUT2D eigenvalue weighted by Crippen LogP contribution is -2.64. The molecule has 10 nitrogen and oxygen atoms in total. The molecule has 3 amide bonds. The maximum atomic E-state index is 12.8. The zero-order chi connectivity index (χ0) is 24.1. The minimum atomic E-state index is -0.818. The zero-order valence-corrected chi connectivity index (χ0v) is 20.1. The summed E-state index contributed by atoms with van der Waals surface area (Å²) in [5, 5.41) is 14.0. The predicted molar refractivity (Wildman–Crippen MR) is 123 cm³/mol. The van der Waals surface area contributed by atoms with Gasteiger partial charge < -0.3 is 20.3 Å². The lowest BCUT2D eigenvalue weighted by Gasteiger charge is -2.39. The third-order valence-corrected chi connectivity index (χ3v) is 6.99. The standard InChI is InChI=1S/C21H23N5O5S2/c1-11(10-32-21-25-24-12(2)33-21)16(20(30)31-4)26-9-15(19(26)29)23-18(28)14-8-6-5-7-13(14)17(27)22-3/h5-8,15H,9-10H2,1-4H3,(H,22,27)(H,23,28). The summed E-state index contributed by atoms with van der Waals surface area (Å²) in [6.45, 7) is 3.70. The van der Waals surface area contributed by atoms with Crippen LogP contribution in [0.3, 0.4) is 0 Å². The van der Waals surface area contributed by atoms with Gasteiger partial charge in [0.25, 0.3) is 17.7 Å². The van der Waals surface area contributed by atoms with Crippen LogP contribution in [0, 0.1) is 6.92 Å². The molecule has 0 aliphatic carbocycles. The van der Waals surface area contributed by atoms with E-state index in [2.05, 4.69) is 20.8 Å². The van der Waals surface area contributed by atoms with E-state index >= 15 is 0 Å². The first-order chi connectivity index (χ1) is 15.8. The lowest BCUT2D eigenvalue weighted by atomic mass is 10.0. The maximum absolute atomic E-state index is 12.8. The largest absolute Gasteiger partial charge is 0.464 e. The van der Waals surface area contributed by atoms with Gasteiger partial charge in [-0.15, -0.1) is 10.2 Å². The highest BCUT2D eigenvalue weighted by molar-refractivity contribution is 8.01. The highest BCUT2D eigenvalue weighted by Crippen LogP contribution is 2.28. The highest BCUT2D eigenvalue weighted by atomic mass is 32.2. The van der Waals surface area contributed by atoms with Gasteiger partial charge in [0.15, 0.2) is 4.34 Å². The average molecular weight is 490 g/mol. The summed E-state index contributed by atoms with van der Waals surface area (Å²) in [6.07, 6.45) is 0. The summed E-state index contributed by atoms with van der Waals surface area (Å²) < 4.78 is 5.63. The van der Waals surface area contributed by atoms with Crippen molar-refractivity contribution in [2.75, 3.05) is 26.5 Å². The summed E-state index contributed by atoms with van der Waals surface area (Å²) in [5.74, 6) is -1.60. The van der Waals surface area contributed by atoms with Crippen molar-refractivity contribution in [1.82, 2.24) is 25.7 Å². The zero-order valence-electron chi connectivity index (χ0n) is 18.5. The van der Waals surface area contributed by atoms with Crippen LogP contribution in [-0.4, -0.2) is 71.3 Å². The second-order valence-electron chi connectivity index (χ2n) is 7.10. The van der Waals surface area contributed by atoms with Crippen LogP contribution in [0.2, 0.25) is 0 Å². The number of thioether (sulfide) groups is 1. The van der Waals surface area contributed by atoms with Crippen molar-refractivity contribution in [3.05, 3.63) is 51.7 Å². The molecule has 1 unspecified atom stereocenters. The Labute approximate surface area is 198 Å². The molecule has 1 aromatic heterocycles. The summed E-state index contributed by atoms with van der Waals surface area (Å²) in [7, 11) is 2.72. The molecule has 12 heteroatoms. The molecule has 1 aliphatic rings. The number of ether oxygens (including phenoxy) is 1. The Morgan fingerprint density at radius 1 is 1.21 bits per heavy atom. The van der Waals surface area contributed by atoms with Crippen molar-refractivity contribution in [3.63, 3.8) is 0 Å². The molecule has 0 bridgehead atoms. The van der Waals surface area contributed by atoms with Crippen LogP contribution < -0.4 is 10.6 Å². The predicted octanol–water partition coefficient (Wildman–Crippen LogP) is 1.39. The molecule has 3 rings (SSSR count). The number of likely N-dealkylation sites (tertiary alicyclic amines) is 1. The van der Waals surface area contributed by atoms with E-state index in [9.17, 15) is 19.2 Å². The molecule has 2 aromatic rings. The number of hydrogen-bond donors (Lipinski definition) is 2. The van der Waals surface area contributed by atoms with E-state index in [1.165, 1.54) is 54.3 Å². The molecule has 1 aliphatic heterocycles. The number of carbonyl (C=O) groups is 4. The third kappa shape index (κ3) is 5.40. The lowest BCUT2D eigenvalue weighted by molar-refractivity contribution is -0.148. The van der Waals surface area contributed by atoms with Crippen LogP contribution in [0.5, 0.6) is 0 Å². The van der Waals surface area contributed by atoms with Crippen LogP contribution in [0.25, 0.3) is 0 Å². The van der Waals surface area contributed by atoms with E-state index in [-0.39, 0.29) is 23.4 Å². The Hall–Kier alpha value is -3.25. The van der Waals surface area contributed by atoms with E-state index in [0.717, 1.165) is 9.35 Å².